The van der Waals surface area contributed by atoms with Crippen molar-refractivity contribution in [2.24, 2.45) is 55.7 Å². The molecule has 2 bridgehead atoms. The van der Waals surface area contributed by atoms with Crippen molar-refractivity contribution in [3.63, 3.8) is 0 Å². The summed E-state index contributed by atoms with van der Waals surface area (Å²) in [6.45, 7) is 9.22. The monoisotopic (exact) mass is 568 g/mol. The van der Waals surface area contributed by atoms with Gasteiger partial charge in [-0.05, 0) is 116 Å². The Kier molecular flexibility index (Phi) is 6.30. The lowest BCUT2D eigenvalue weighted by Crippen LogP contribution is -2.72. The summed E-state index contributed by atoms with van der Waals surface area (Å²) in [5.74, 6) is 0.320. The first-order valence-electron chi connectivity index (χ1n) is 17.2. The van der Waals surface area contributed by atoms with Crippen LogP contribution in [-0.4, -0.2) is 51.6 Å². The molecule has 230 valence electrons. The zero-order valence-corrected chi connectivity index (χ0v) is 26.2. The van der Waals surface area contributed by atoms with Crippen LogP contribution in [0.25, 0.3) is 0 Å². The maximum atomic E-state index is 14.9. The number of ketones is 1. The topological polar surface area (TPSA) is 98.0 Å². The van der Waals surface area contributed by atoms with Gasteiger partial charge in [-0.25, -0.2) is 0 Å². The Balaban J connectivity index is 1.43. The van der Waals surface area contributed by atoms with Crippen molar-refractivity contribution in [1.82, 2.24) is 0 Å². The van der Waals surface area contributed by atoms with Crippen molar-refractivity contribution in [2.45, 2.75) is 136 Å². The number of fused-ring (bicyclic) bond motifs is 4. The average Bonchev–Trinajstić information content (AvgIpc) is 3.33. The number of carbonyl (C=O) groups is 1. The van der Waals surface area contributed by atoms with Gasteiger partial charge in [0.2, 0.25) is 0 Å². The molecule has 0 aliphatic heterocycles. The summed E-state index contributed by atoms with van der Waals surface area (Å²) in [7, 11) is 0. The maximum absolute atomic E-state index is 14.9. The summed E-state index contributed by atoms with van der Waals surface area (Å²) < 4.78 is 0. The van der Waals surface area contributed by atoms with Crippen molar-refractivity contribution in [1.29, 1.82) is 0 Å². The van der Waals surface area contributed by atoms with Gasteiger partial charge in [0.15, 0.2) is 5.78 Å². The maximum Gasteiger partial charge on any atom is 0.159 e. The van der Waals surface area contributed by atoms with Crippen molar-refractivity contribution in [3.05, 3.63) is 11.6 Å². The van der Waals surface area contributed by atoms with Crippen LogP contribution in [0.2, 0.25) is 0 Å². The normalized spacial score (nSPS) is 53.4. The molecule has 0 heterocycles. The molecule has 6 fully saturated rings. The van der Waals surface area contributed by atoms with E-state index in [1.807, 2.05) is 0 Å². The van der Waals surface area contributed by atoms with Gasteiger partial charge >= 0.3 is 0 Å². The molecule has 0 unspecified atom stereocenters. The Labute approximate surface area is 247 Å². The molecule has 7 rings (SSSR count). The van der Waals surface area contributed by atoms with Gasteiger partial charge in [-0.15, -0.1) is 0 Å². The number of hydrogen-bond donors (Lipinski definition) is 4. The first-order chi connectivity index (χ1) is 19.3. The van der Waals surface area contributed by atoms with Gasteiger partial charge in [0.25, 0.3) is 0 Å². The molecule has 0 saturated heterocycles. The third kappa shape index (κ3) is 3.26. The highest BCUT2D eigenvalue weighted by Crippen LogP contribution is 2.80. The fourth-order valence-corrected chi connectivity index (χ4v) is 14.5. The van der Waals surface area contributed by atoms with E-state index in [9.17, 15) is 25.2 Å². The van der Waals surface area contributed by atoms with Gasteiger partial charge in [-0.3, -0.25) is 4.79 Å². The van der Waals surface area contributed by atoms with E-state index in [2.05, 4.69) is 33.8 Å². The molecule has 6 saturated carbocycles. The SMILES string of the molecule is CC1(C)C[C@@H]2C3=CC(=O)[C@@H]4[C@]56CCCC[C@]4(CC[C@@H]5[C@](C)(CO)[C@@H](O)CC6)[C@]3(C)C[C@H](O)[C@@]2(CO)C2(CCCC2)C1. The number of aliphatic hydroxyl groups is 4. The standard InChI is InChI=1S/C36H56O5/c1-30(2)18-24-23-17-25(39)29-34-13-7-8-14-35(29,16-9-26(34)31(3,21-37)27(40)10-15-34)32(23,4)19-28(41)36(24,22-38)33(20-30)11-5-6-12-33/h17,24,26-29,37-38,40-41H,5-16,18-22H2,1-4H3/t24-,26-,27+,28+,29-,31+,32-,34+,35-,36+/m1/s1. The predicted octanol–water partition coefficient (Wildman–Crippen LogP) is 5.97. The minimum Gasteiger partial charge on any atom is -0.396 e. The molecule has 7 aliphatic rings. The van der Waals surface area contributed by atoms with Crippen LogP contribution in [0.3, 0.4) is 0 Å². The molecule has 4 N–H and O–H groups in total. The Morgan fingerprint density at radius 2 is 1.49 bits per heavy atom. The highest BCUT2D eigenvalue weighted by molar-refractivity contribution is 5.96. The minimum absolute atomic E-state index is 0.00566. The lowest BCUT2D eigenvalue weighted by atomic mass is 9.30. The molecule has 0 aromatic rings. The van der Waals surface area contributed by atoms with Gasteiger partial charge in [-0.2, -0.15) is 0 Å². The summed E-state index contributed by atoms with van der Waals surface area (Å²) in [6.07, 6.45) is 15.6. The second kappa shape index (κ2) is 8.92. The van der Waals surface area contributed by atoms with E-state index in [-0.39, 0.29) is 63.8 Å². The van der Waals surface area contributed by atoms with E-state index in [4.69, 9.17) is 0 Å². The van der Waals surface area contributed by atoms with Crippen molar-refractivity contribution < 1.29 is 25.2 Å². The summed E-state index contributed by atoms with van der Waals surface area (Å²) in [4.78, 5) is 14.9. The van der Waals surface area contributed by atoms with Crippen LogP contribution in [0, 0.1) is 55.7 Å². The second-order valence-corrected chi connectivity index (χ2v) is 17.7. The molecule has 0 aromatic heterocycles. The van der Waals surface area contributed by atoms with Gasteiger partial charge in [0.05, 0.1) is 25.4 Å². The fraction of sp³-hybridized carbons (Fsp3) is 0.917. The number of aliphatic hydroxyl groups excluding tert-OH is 4. The van der Waals surface area contributed by atoms with E-state index < -0.39 is 23.0 Å². The van der Waals surface area contributed by atoms with Crippen LogP contribution in [0.1, 0.15) is 124 Å². The molecule has 10 atom stereocenters. The molecular formula is C36H56O5. The van der Waals surface area contributed by atoms with E-state index >= 15 is 0 Å². The van der Waals surface area contributed by atoms with Crippen LogP contribution < -0.4 is 0 Å². The van der Waals surface area contributed by atoms with Crippen molar-refractivity contribution >= 4 is 5.78 Å². The summed E-state index contributed by atoms with van der Waals surface area (Å²) in [5.41, 5.74) is -0.579. The minimum atomic E-state index is -0.583. The third-order valence-electron chi connectivity index (χ3n) is 15.9. The average molecular weight is 569 g/mol. The van der Waals surface area contributed by atoms with Gasteiger partial charge in [0, 0.05) is 16.7 Å². The number of hydrogen-bond acceptors (Lipinski definition) is 5. The van der Waals surface area contributed by atoms with E-state index in [1.165, 1.54) is 5.57 Å². The fourth-order valence-electron chi connectivity index (χ4n) is 14.5. The number of carbonyl (C=O) groups excluding carboxylic acids is 1. The Morgan fingerprint density at radius 3 is 2.17 bits per heavy atom. The lowest BCUT2D eigenvalue weighted by molar-refractivity contribution is -0.249. The Hall–Kier alpha value is -0.750. The highest BCUT2D eigenvalue weighted by Gasteiger charge is 2.76. The van der Waals surface area contributed by atoms with E-state index in [0.717, 1.165) is 83.5 Å². The molecule has 7 aliphatic carbocycles. The molecular weight excluding hydrogens is 512 g/mol. The van der Waals surface area contributed by atoms with Crippen LogP contribution in [-0.2, 0) is 4.79 Å². The number of allylic oxidation sites excluding steroid dienone is 2. The molecule has 0 amide bonds. The molecule has 0 aromatic carbocycles. The number of rotatable bonds is 2. The second-order valence-electron chi connectivity index (χ2n) is 17.7. The summed E-state index contributed by atoms with van der Waals surface area (Å²) >= 11 is 0. The quantitative estimate of drug-likeness (QED) is 0.329. The zero-order chi connectivity index (χ0) is 29.3. The van der Waals surface area contributed by atoms with Crippen LogP contribution in [0.15, 0.2) is 11.6 Å². The molecule has 0 radical (unpaired) electrons. The predicted molar refractivity (Wildman–Crippen MR) is 159 cm³/mol. The van der Waals surface area contributed by atoms with Gasteiger partial charge < -0.3 is 20.4 Å². The molecule has 2 spiro atoms. The van der Waals surface area contributed by atoms with Crippen LogP contribution in [0.5, 0.6) is 0 Å². The Morgan fingerprint density at radius 1 is 0.805 bits per heavy atom. The first kappa shape index (κ1) is 29.0. The molecule has 5 nitrogen and oxygen atoms in total. The molecule has 5 heteroatoms. The summed E-state index contributed by atoms with van der Waals surface area (Å²) in [6, 6.07) is 0. The van der Waals surface area contributed by atoms with Crippen molar-refractivity contribution in [3.8, 4) is 0 Å². The molecule has 41 heavy (non-hydrogen) atoms. The largest absolute Gasteiger partial charge is 0.396 e. The summed E-state index contributed by atoms with van der Waals surface area (Å²) in [5, 5.41) is 45.8. The van der Waals surface area contributed by atoms with Gasteiger partial charge in [0.1, 0.15) is 0 Å². The highest BCUT2D eigenvalue weighted by atomic mass is 16.3. The van der Waals surface area contributed by atoms with E-state index in [1.54, 1.807) is 0 Å². The zero-order valence-electron chi connectivity index (χ0n) is 26.2. The smallest absolute Gasteiger partial charge is 0.159 e. The lowest BCUT2D eigenvalue weighted by Gasteiger charge is -2.74. The van der Waals surface area contributed by atoms with Gasteiger partial charge in [-0.1, -0.05) is 59.0 Å². The first-order valence-corrected chi connectivity index (χ1v) is 17.2. The van der Waals surface area contributed by atoms with Crippen LogP contribution >= 0.6 is 0 Å². The van der Waals surface area contributed by atoms with E-state index in [0.29, 0.717) is 12.8 Å². The van der Waals surface area contributed by atoms with Crippen molar-refractivity contribution in [2.75, 3.05) is 13.2 Å². The Bertz CT molecular complexity index is 1140. The van der Waals surface area contributed by atoms with Crippen LogP contribution in [0.4, 0.5) is 0 Å². The third-order valence-corrected chi connectivity index (χ3v) is 15.9.